The molecule has 0 aliphatic rings. The number of nitro benzene ring substituents is 1. The van der Waals surface area contributed by atoms with E-state index in [1.807, 2.05) is 0 Å². The molecule has 0 atom stereocenters. The average Bonchev–Trinajstić information content (AvgIpc) is 2.47. The van der Waals surface area contributed by atoms with Crippen LogP contribution in [-0.4, -0.2) is 25.6 Å². The summed E-state index contributed by atoms with van der Waals surface area (Å²) in [7, 11) is -2.65. The van der Waals surface area contributed by atoms with Gasteiger partial charge in [-0.2, -0.15) is 0 Å². The lowest BCUT2D eigenvalue weighted by molar-refractivity contribution is -0.385. The summed E-state index contributed by atoms with van der Waals surface area (Å²) in [6.07, 6.45) is 0. The molecule has 2 aromatic rings. The number of hydrogen-bond donors (Lipinski definition) is 2. The fourth-order valence-corrected chi connectivity index (χ4v) is 2.82. The number of rotatable bonds is 5. The molecule has 0 saturated heterocycles. The Hall–Kier alpha value is -2.81. The Morgan fingerprint density at radius 3 is 2.55 bits per heavy atom. The minimum atomic E-state index is -4.01. The number of nitrogens with zero attached hydrogens (tertiary/aromatic N) is 1. The van der Waals surface area contributed by atoms with E-state index in [4.69, 9.17) is 4.74 Å². The number of ether oxygens (including phenoxy) is 1. The molecule has 9 heteroatoms. The highest BCUT2D eigenvalue weighted by Crippen LogP contribution is 2.30. The number of nitro groups is 1. The molecule has 0 spiro atoms. The lowest BCUT2D eigenvalue weighted by Crippen LogP contribution is -2.13. The van der Waals surface area contributed by atoms with Gasteiger partial charge in [0.1, 0.15) is 0 Å². The monoisotopic (exact) mass is 324 g/mol. The highest BCUT2D eigenvalue weighted by atomic mass is 32.2. The number of hydrogen-bond acceptors (Lipinski definition) is 6. The van der Waals surface area contributed by atoms with Crippen LogP contribution in [0.4, 0.5) is 11.4 Å². The normalized spacial score (nSPS) is 11.0. The van der Waals surface area contributed by atoms with Crippen molar-refractivity contribution in [1.29, 1.82) is 0 Å². The van der Waals surface area contributed by atoms with E-state index in [1.165, 1.54) is 43.5 Å². The van der Waals surface area contributed by atoms with Gasteiger partial charge in [-0.05, 0) is 18.2 Å². The number of anilines is 1. The number of phenolic OH excluding ortho intramolecular Hbond substituents is 1. The molecule has 0 amide bonds. The number of benzene rings is 2. The fraction of sp³-hybridized carbons (Fsp3) is 0.0769. The molecule has 0 saturated carbocycles. The van der Waals surface area contributed by atoms with E-state index in [9.17, 15) is 23.6 Å². The van der Waals surface area contributed by atoms with Crippen LogP contribution in [0.2, 0.25) is 0 Å². The van der Waals surface area contributed by atoms with Crippen LogP contribution in [-0.2, 0) is 10.0 Å². The maximum Gasteiger partial charge on any atom is 0.270 e. The van der Waals surface area contributed by atoms with E-state index < -0.39 is 14.9 Å². The molecule has 0 heterocycles. The lowest BCUT2D eigenvalue weighted by atomic mass is 10.3. The molecule has 0 bridgehead atoms. The third-order valence-electron chi connectivity index (χ3n) is 2.77. The summed E-state index contributed by atoms with van der Waals surface area (Å²) in [6, 6.07) is 8.61. The molecular weight excluding hydrogens is 312 g/mol. The highest BCUT2D eigenvalue weighted by Gasteiger charge is 2.18. The summed E-state index contributed by atoms with van der Waals surface area (Å²) in [5.74, 6) is -0.0416. The molecule has 0 fully saturated rings. The Balaban J connectivity index is 2.33. The van der Waals surface area contributed by atoms with Gasteiger partial charge in [-0.15, -0.1) is 0 Å². The molecule has 2 aromatic carbocycles. The van der Waals surface area contributed by atoms with E-state index in [0.717, 1.165) is 6.07 Å². The predicted octanol–water partition coefficient (Wildman–Crippen LogP) is 2.11. The van der Waals surface area contributed by atoms with Gasteiger partial charge in [-0.25, -0.2) is 8.42 Å². The molecular formula is C13H12N2O6S. The Kier molecular flexibility index (Phi) is 4.18. The maximum atomic E-state index is 12.2. The Morgan fingerprint density at radius 1 is 1.23 bits per heavy atom. The van der Waals surface area contributed by atoms with Crippen LogP contribution < -0.4 is 9.46 Å². The summed E-state index contributed by atoms with van der Waals surface area (Å²) < 4.78 is 31.5. The van der Waals surface area contributed by atoms with Crippen molar-refractivity contribution in [2.45, 2.75) is 4.90 Å². The van der Waals surface area contributed by atoms with E-state index >= 15 is 0 Å². The Morgan fingerprint density at radius 2 is 1.95 bits per heavy atom. The summed E-state index contributed by atoms with van der Waals surface area (Å²) in [6.45, 7) is 0. The molecule has 22 heavy (non-hydrogen) atoms. The minimum Gasteiger partial charge on any atom is -0.504 e. The second-order valence-corrected chi connectivity index (χ2v) is 5.93. The summed E-state index contributed by atoms with van der Waals surface area (Å²) >= 11 is 0. The van der Waals surface area contributed by atoms with Gasteiger partial charge in [0.2, 0.25) is 0 Å². The number of sulfonamides is 1. The van der Waals surface area contributed by atoms with Gasteiger partial charge < -0.3 is 9.84 Å². The summed E-state index contributed by atoms with van der Waals surface area (Å²) in [5.41, 5.74) is -0.231. The van der Waals surface area contributed by atoms with Crippen molar-refractivity contribution < 1.29 is 23.2 Å². The van der Waals surface area contributed by atoms with Crippen molar-refractivity contribution in [3.63, 3.8) is 0 Å². The molecule has 2 rings (SSSR count). The second kappa shape index (κ2) is 5.90. The van der Waals surface area contributed by atoms with Crippen LogP contribution >= 0.6 is 0 Å². The van der Waals surface area contributed by atoms with E-state index in [-0.39, 0.29) is 27.8 Å². The number of methoxy groups -OCH3 is 1. The van der Waals surface area contributed by atoms with Crippen LogP contribution in [0, 0.1) is 10.1 Å². The second-order valence-electron chi connectivity index (χ2n) is 4.25. The topological polar surface area (TPSA) is 119 Å². The van der Waals surface area contributed by atoms with Gasteiger partial charge in [-0.3, -0.25) is 14.8 Å². The first kappa shape index (κ1) is 15.6. The average molecular weight is 324 g/mol. The Bertz CT molecular complexity index is 819. The van der Waals surface area contributed by atoms with Crippen molar-refractivity contribution in [3.05, 3.63) is 52.6 Å². The van der Waals surface area contributed by atoms with Gasteiger partial charge in [0.25, 0.3) is 15.7 Å². The van der Waals surface area contributed by atoms with Crippen LogP contribution in [0.1, 0.15) is 0 Å². The fourth-order valence-electron chi connectivity index (χ4n) is 1.73. The van der Waals surface area contributed by atoms with Gasteiger partial charge in [-0.1, -0.05) is 6.07 Å². The molecule has 116 valence electrons. The van der Waals surface area contributed by atoms with Crippen LogP contribution in [0.15, 0.2) is 47.4 Å². The molecule has 0 aromatic heterocycles. The van der Waals surface area contributed by atoms with Gasteiger partial charge in [0, 0.05) is 18.2 Å². The van der Waals surface area contributed by atoms with Crippen molar-refractivity contribution in [2.75, 3.05) is 11.8 Å². The van der Waals surface area contributed by atoms with Gasteiger partial charge in [0.05, 0.1) is 22.6 Å². The number of nitrogens with one attached hydrogen (secondary N) is 1. The largest absolute Gasteiger partial charge is 0.504 e. The standard InChI is InChI=1S/C13H12N2O6S/c1-21-13-6-5-9(7-12(13)16)14-22(19,20)11-4-2-3-10(8-11)15(17)18/h2-8,14,16H,1H3. The SMILES string of the molecule is COc1ccc(NS(=O)(=O)c2cccc([N+](=O)[O-])c2)cc1O. The van der Waals surface area contributed by atoms with E-state index in [1.54, 1.807) is 0 Å². The van der Waals surface area contributed by atoms with Crippen LogP contribution in [0.25, 0.3) is 0 Å². The van der Waals surface area contributed by atoms with Crippen LogP contribution in [0.3, 0.4) is 0 Å². The van der Waals surface area contributed by atoms with Crippen molar-refractivity contribution in [1.82, 2.24) is 0 Å². The number of non-ortho nitro benzene ring substituents is 1. The van der Waals surface area contributed by atoms with Crippen molar-refractivity contribution in [2.24, 2.45) is 0 Å². The summed E-state index contributed by atoms with van der Waals surface area (Å²) in [5, 5.41) is 20.3. The van der Waals surface area contributed by atoms with E-state index in [0.29, 0.717) is 0 Å². The first-order valence-corrected chi connectivity index (χ1v) is 7.46. The van der Waals surface area contributed by atoms with Gasteiger partial charge >= 0.3 is 0 Å². The van der Waals surface area contributed by atoms with Gasteiger partial charge in [0.15, 0.2) is 11.5 Å². The molecule has 2 N–H and O–H groups in total. The lowest BCUT2D eigenvalue weighted by Gasteiger charge is -2.10. The third-order valence-corrected chi connectivity index (χ3v) is 4.15. The van der Waals surface area contributed by atoms with Crippen molar-refractivity contribution in [3.8, 4) is 11.5 Å². The minimum absolute atomic E-state index is 0.102. The molecule has 0 unspecified atom stereocenters. The van der Waals surface area contributed by atoms with Crippen molar-refractivity contribution >= 4 is 21.4 Å². The molecule has 0 aliphatic heterocycles. The predicted molar refractivity (Wildman–Crippen MR) is 78.6 cm³/mol. The zero-order valence-electron chi connectivity index (χ0n) is 11.4. The quantitative estimate of drug-likeness (QED) is 0.642. The molecule has 8 nitrogen and oxygen atoms in total. The molecule has 0 aliphatic carbocycles. The highest BCUT2D eigenvalue weighted by molar-refractivity contribution is 7.92. The third kappa shape index (κ3) is 3.26. The van der Waals surface area contributed by atoms with Crippen LogP contribution in [0.5, 0.6) is 11.5 Å². The molecule has 0 radical (unpaired) electrons. The summed E-state index contributed by atoms with van der Waals surface area (Å²) in [4.78, 5) is 9.76. The Labute approximate surface area is 126 Å². The number of phenols is 1. The zero-order valence-corrected chi connectivity index (χ0v) is 12.2. The first-order valence-electron chi connectivity index (χ1n) is 5.98. The van der Waals surface area contributed by atoms with E-state index in [2.05, 4.69) is 4.72 Å². The zero-order chi connectivity index (χ0) is 16.3. The smallest absolute Gasteiger partial charge is 0.270 e. The maximum absolute atomic E-state index is 12.2. The first-order chi connectivity index (χ1) is 10.3. The number of aromatic hydroxyl groups is 1.